The minimum absolute atomic E-state index is 0.133. The largest absolute Gasteiger partial charge is 0.507 e. The van der Waals surface area contributed by atoms with Crippen molar-refractivity contribution < 1.29 is 9.90 Å². The van der Waals surface area contributed by atoms with Crippen LogP contribution in [0.3, 0.4) is 0 Å². The molecular formula is C9H9O2. The van der Waals surface area contributed by atoms with E-state index in [1.54, 1.807) is 12.1 Å². The van der Waals surface area contributed by atoms with Crippen LogP contribution in [0.1, 0.15) is 12.0 Å². The quantitative estimate of drug-likeness (QED) is 0.658. The maximum atomic E-state index is 9.99. The summed E-state index contributed by atoms with van der Waals surface area (Å²) in [4.78, 5) is 9.99. The molecule has 0 amide bonds. The van der Waals surface area contributed by atoms with Crippen LogP contribution in [0.5, 0.6) is 5.75 Å². The van der Waals surface area contributed by atoms with Crippen molar-refractivity contribution in [3.8, 4) is 5.75 Å². The van der Waals surface area contributed by atoms with Crippen LogP contribution in [-0.4, -0.2) is 11.4 Å². The molecule has 0 aromatic heterocycles. The molecule has 1 aromatic rings. The third-order valence-electron chi connectivity index (χ3n) is 1.40. The number of rotatable bonds is 3. The van der Waals surface area contributed by atoms with Gasteiger partial charge in [-0.05, 0) is 18.1 Å². The number of benzene rings is 1. The molecule has 1 N–H and O–H groups in total. The number of aromatic hydroxyl groups is 1. The Bertz CT molecular complexity index is 243. The van der Waals surface area contributed by atoms with E-state index in [0.29, 0.717) is 12.8 Å². The molecule has 11 heavy (non-hydrogen) atoms. The fourth-order valence-corrected chi connectivity index (χ4v) is 0.881. The summed E-state index contributed by atoms with van der Waals surface area (Å²) in [6.45, 7) is 0. The van der Waals surface area contributed by atoms with Gasteiger partial charge in [0.15, 0.2) is 0 Å². The summed E-state index contributed by atoms with van der Waals surface area (Å²) < 4.78 is 0. The van der Waals surface area contributed by atoms with Crippen LogP contribution >= 0.6 is 0 Å². The van der Waals surface area contributed by atoms with Gasteiger partial charge in [-0.15, -0.1) is 0 Å². The molecule has 0 spiro atoms. The first-order valence-corrected chi connectivity index (χ1v) is 3.46. The normalized spacial score (nSPS) is 9.45. The maximum absolute atomic E-state index is 9.99. The number of aryl methyl sites for hydroxylation is 1. The van der Waals surface area contributed by atoms with Gasteiger partial charge in [-0.2, -0.15) is 0 Å². The zero-order valence-corrected chi connectivity index (χ0v) is 6.08. The summed E-state index contributed by atoms with van der Waals surface area (Å²) in [5, 5.41) is 8.97. The van der Waals surface area contributed by atoms with Gasteiger partial charge in [0.05, 0.1) is 0 Å². The van der Waals surface area contributed by atoms with Crippen LogP contribution in [-0.2, 0) is 11.2 Å². The smallest absolute Gasteiger partial charge is 0.123 e. The molecule has 1 aromatic carbocycles. The van der Waals surface area contributed by atoms with Gasteiger partial charge >= 0.3 is 0 Å². The molecule has 0 aliphatic carbocycles. The van der Waals surface area contributed by atoms with Gasteiger partial charge in [0.25, 0.3) is 0 Å². The van der Waals surface area contributed by atoms with Crippen LogP contribution in [0.2, 0.25) is 0 Å². The van der Waals surface area contributed by atoms with Gasteiger partial charge in [0.1, 0.15) is 12.0 Å². The lowest BCUT2D eigenvalue weighted by Gasteiger charge is -1.96. The number of carbonyl (C=O) groups is 1. The third kappa shape index (κ3) is 2.42. The second-order valence-electron chi connectivity index (χ2n) is 2.29. The van der Waals surface area contributed by atoms with E-state index in [9.17, 15) is 4.79 Å². The van der Waals surface area contributed by atoms with Crippen molar-refractivity contribution in [2.24, 2.45) is 0 Å². The highest BCUT2D eigenvalue weighted by Crippen LogP contribution is 2.10. The minimum atomic E-state index is 0.133. The van der Waals surface area contributed by atoms with Gasteiger partial charge in [0, 0.05) is 12.5 Å². The molecule has 0 unspecified atom stereocenters. The van der Waals surface area contributed by atoms with Crippen molar-refractivity contribution in [3.05, 3.63) is 29.8 Å². The van der Waals surface area contributed by atoms with E-state index in [1.165, 1.54) is 0 Å². The number of hydrogen-bond acceptors (Lipinski definition) is 2. The molecule has 0 aliphatic heterocycles. The first-order valence-electron chi connectivity index (χ1n) is 3.46. The van der Waals surface area contributed by atoms with Crippen molar-refractivity contribution in [1.82, 2.24) is 0 Å². The topological polar surface area (TPSA) is 37.3 Å². The SMILES string of the molecule is O=CCCc1cc[c]c(O)c1. The van der Waals surface area contributed by atoms with Crippen molar-refractivity contribution in [1.29, 1.82) is 0 Å². The first kappa shape index (κ1) is 7.79. The molecule has 57 valence electrons. The van der Waals surface area contributed by atoms with Gasteiger partial charge in [0.2, 0.25) is 0 Å². The molecule has 1 rings (SSSR count). The number of phenols is 1. The molecule has 0 heterocycles. The second kappa shape index (κ2) is 3.76. The van der Waals surface area contributed by atoms with Gasteiger partial charge in [-0.1, -0.05) is 12.1 Å². The molecule has 0 bridgehead atoms. The van der Waals surface area contributed by atoms with E-state index in [-0.39, 0.29) is 5.75 Å². The van der Waals surface area contributed by atoms with E-state index >= 15 is 0 Å². The van der Waals surface area contributed by atoms with Crippen molar-refractivity contribution >= 4 is 6.29 Å². The Labute approximate surface area is 65.5 Å². The standard InChI is InChI=1S/C9H9O2/c10-6-2-4-8-3-1-5-9(11)7-8/h1,3,6-7,11H,2,4H2. The van der Waals surface area contributed by atoms with Crippen LogP contribution in [0.25, 0.3) is 0 Å². The van der Waals surface area contributed by atoms with E-state index in [4.69, 9.17) is 5.11 Å². The van der Waals surface area contributed by atoms with Crippen LogP contribution in [0.15, 0.2) is 18.2 Å². The molecule has 0 fully saturated rings. The maximum Gasteiger partial charge on any atom is 0.123 e. The number of carbonyl (C=O) groups excluding carboxylic acids is 1. The van der Waals surface area contributed by atoms with E-state index in [2.05, 4.69) is 6.07 Å². The van der Waals surface area contributed by atoms with Crippen molar-refractivity contribution in [3.63, 3.8) is 0 Å². The predicted molar refractivity (Wildman–Crippen MR) is 41.3 cm³/mol. The molecule has 0 saturated heterocycles. The highest BCUT2D eigenvalue weighted by atomic mass is 16.3. The Balaban J connectivity index is 2.63. The fraction of sp³-hybridized carbons (Fsp3) is 0.222. The van der Waals surface area contributed by atoms with E-state index < -0.39 is 0 Å². The van der Waals surface area contributed by atoms with Gasteiger partial charge in [-0.25, -0.2) is 0 Å². The van der Waals surface area contributed by atoms with E-state index in [1.807, 2.05) is 6.07 Å². The Morgan fingerprint density at radius 3 is 3.09 bits per heavy atom. The van der Waals surface area contributed by atoms with Gasteiger partial charge < -0.3 is 9.90 Å². The molecule has 2 heteroatoms. The minimum Gasteiger partial charge on any atom is -0.507 e. The number of aldehydes is 1. The third-order valence-corrected chi connectivity index (χ3v) is 1.40. The van der Waals surface area contributed by atoms with Crippen LogP contribution in [0.4, 0.5) is 0 Å². The summed E-state index contributed by atoms with van der Waals surface area (Å²) in [5.74, 6) is 0.133. The lowest BCUT2D eigenvalue weighted by Crippen LogP contribution is -1.84. The van der Waals surface area contributed by atoms with Gasteiger partial charge in [-0.3, -0.25) is 0 Å². The molecule has 0 saturated carbocycles. The number of hydrogen-bond donors (Lipinski definition) is 1. The molecule has 0 aliphatic rings. The highest BCUT2D eigenvalue weighted by molar-refractivity contribution is 5.50. The van der Waals surface area contributed by atoms with E-state index in [0.717, 1.165) is 11.8 Å². The lowest BCUT2D eigenvalue weighted by atomic mass is 10.1. The van der Waals surface area contributed by atoms with Crippen LogP contribution in [0, 0.1) is 6.07 Å². The Hall–Kier alpha value is -1.31. The summed E-state index contributed by atoms with van der Waals surface area (Å²) in [6, 6.07) is 7.71. The molecular weight excluding hydrogens is 140 g/mol. The summed E-state index contributed by atoms with van der Waals surface area (Å²) in [6.07, 6.45) is 2.06. The lowest BCUT2D eigenvalue weighted by molar-refractivity contribution is -0.107. The second-order valence-corrected chi connectivity index (χ2v) is 2.29. The fourth-order valence-electron chi connectivity index (χ4n) is 0.881. The Morgan fingerprint density at radius 1 is 1.64 bits per heavy atom. The Morgan fingerprint density at radius 2 is 2.45 bits per heavy atom. The van der Waals surface area contributed by atoms with Crippen molar-refractivity contribution in [2.45, 2.75) is 12.8 Å². The van der Waals surface area contributed by atoms with Crippen molar-refractivity contribution in [2.75, 3.05) is 0 Å². The zero-order chi connectivity index (χ0) is 8.10. The Kier molecular flexibility index (Phi) is 2.66. The monoisotopic (exact) mass is 149 g/mol. The predicted octanol–water partition coefficient (Wildman–Crippen LogP) is 1.32. The average molecular weight is 149 g/mol. The molecule has 2 nitrogen and oxygen atoms in total. The zero-order valence-electron chi connectivity index (χ0n) is 6.08. The van der Waals surface area contributed by atoms with Crippen LogP contribution < -0.4 is 0 Å². The average Bonchev–Trinajstić information content (AvgIpc) is 2.01. The summed E-state index contributed by atoms with van der Waals surface area (Å²) >= 11 is 0. The molecule has 1 radical (unpaired) electrons. The molecule has 0 atom stereocenters. The number of phenolic OH excluding ortho intramolecular Hbond substituents is 1. The summed E-state index contributed by atoms with van der Waals surface area (Å²) in [7, 11) is 0. The highest BCUT2D eigenvalue weighted by Gasteiger charge is 1.92. The first-order chi connectivity index (χ1) is 5.33. The summed E-state index contributed by atoms with van der Waals surface area (Å²) in [5.41, 5.74) is 0.966.